The molecule has 29 heavy (non-hydrogen) atoms. The third-order valence-corrected chi connectivity index (χ3v) is 4.70. The van der Waals surface area contributed by atoms with E-state index in [0.717, 1.165) is 0 Å². The summed E-state index contributed by atoms with van der Waals surface area (Å²) in [5.41, 5.74) is 0.584. The SMILES string of the molecule is COc1cc(N=Nc2ccc(S(N)(=O)=O)cc2)c(O)c(N=Nc2ccnn2C)c1. The first kappa shape index (κ1) is 20.1. The standard InChI is InChI=1S/C17H17N7O4S/c1-24-16(7-8-19-24)23-22-15-10-12(28-2)9-14(17(15)25)21-20-11-3-5-13(6-4-11)29(18,26)27/h3-10,25H,1-2H3,(H2,18,26,27). The number of phenolic OH excluding ortho intramolecular Hbond substituents is 1. The monoisotopic (exact) mass is 415 g/mol. The van der Waals surface area contributed by atoms with Crippen LogP contribution in [0.5, 0.6) is 11.5 Å². The molecule has 0 aliphatic rings. The summed E-state index contributed by atoms with van der Waals surface area (Å²) >= 11 is 0. The summed E-state index contributed by atoms with van der Waals surface area (Å²) in [6.07, 6.45) is 1.57. The highest BCUT2D eigenvalue weighted by Gasteiger charge is 2.11. The average molecular weight is 415 g/mol. The van der Waals surface area contributed by atoms with Crippen molar-refractivity contribution in [1.29, 1.82) is 0 Å². The Hall–Kier alpha value is -3.64. The third-order valence-electron chi connectivity index (χ3n) is 3.77. The molecule has 3 aromatic rings. The van der Waals surface area contributed by atoms with Gasteiger partial charge in [-0.2, -0.15) is 10.2 Å². The molecule has 0 aliphatic carbocycles. The van der Waals surface area contributed by atoms with Gasteiger partial charge in [0.25, 0.3) is 0 Å². The first-order valence-corrected chi connectivity index (χ1v) is 9.68. The van der Waals surface area contributed by atoms with Crippen LogP contribution >= 0.6 is 0 Å². The maximum Gasteiger partial charge on any atom is 0.238 e. The maximum atomic E-state index is 11.3. The number of benzene rings is 2. The number of hydrogen-bond donors (Lipinski definition) is 2. The number of hydrogen-bond acceptors (Lipinski definition) is 9. The van der Waals surface area contributed by atoms with Gasteiger partial charge in [-0.15, -0.1) is 15.3 Å². The van der Waals surface area contributed by atoms with Crippen molar-refractivity contribution in [2.75, 3.05) is 7.11 Å². The second-order valence-corrected chi connectivity index (χ2v) is 7.33. The van der Waals surface area contributed by atoms with Gasteiger partial charge in [0.2, 0.25) is 10.0 Å². The number of primary sulfonamides is 1. The fraction of sp³-hybridized carbons (Fsp3) is 0.118. The van der Waals surface area contributed by atoms with Gasteiger partial charge < -0.3 is 9.84 Å². The van der Waals surface area contributed by atoms with Gasteiger partial charge in [-0.05, 0) is 24.3 Å². The topological polar surface area (TPSA) is 157 Å². The van der Waals surface area contributed by atoms with E-state index in [2.05, 4.69) is 25.6 Å². The highest BCUT2D eigenvalue weighted by molar-refractivity contribution is 7.89. The molecule has 150 valence electrons. The van der Waals surface area contributed by atoms with E-state index in [0.29, 0.717) is 17.3 Å². The predicted molar refractivity (Wildman–Crippen MR) is 104 cm³/mol. The van der Waals surface area contributed by atoms with E-state index in [1.807, 2.05) is 0 Å². The predicted octanol–water partition coefficient (Wildman–Crippen LogP) is 3.61. The van der Waals surface area contributed by atoms with E-state index in [9.17, 15) is 13.5 Å². The Labute approximate surface area is 166 Å². The highest BCUT2D eigenvalue weighted by atomic mass is 32.2. The van der Waals surface area contributed by atoms with Crippen molar-refractivity contribution in [3.63, 3.8) is 0 Å². The molecule has 1 heterocycles. The summed E-state index contributed by atoms with van der Waals surface area (Å²) in [6.45, 7) is 0. The van der Waals surface area contributed by atoms with E-state index in [-0.39, 0.29) is 22.0 Å². The van der Waals surface area contributed by atoms with E-state index < -0.39 is 10.0 Å². The van der Waals surface area contributed by atoms with E-state index >= 15 is 0 Å². The van der Waals surface area contributed by atoms with Crippen LogP contribution in [0.15, 0.2) is 74.0 Å². The van der Waals surface area contributed by atoms with Gasteiger partial charge in [0.05, 0.1) is 23.9 Å². The first-order valence-electron chi connectivity index (χ1n) is 8.13. The maximum absolute atomic E-state index is 11.3. The van der Waals surface area contributed by atoms with E-state index in [1.54, 1.807) is 19.3 Å². The highest BCUT2D eigenvalue weighted by Crippen LogP contribution is 2.41. The van der Waals surface area contributed by atoms with Crippen LogP contribution in [0.4, 0.5) is 22.9 Å². The smallest absolute Gasteiger partial charge is 0.238 e. The lowest BCUT2D eigenvalue weighted by molar-refractivity contribution is 0.413. The molecule has 0 fully saturated rings. The zero-order valence-corrected chi connectivity index (χ0v) is 16.3. The molecule has 3 N–H and O–H groups in total. The van der Waals surface area contributed by atoms with Crippen LogP contribution in [0, 0.1) is 0 Å². The number of nitrogens with two attached hydrogens (primary N) is 1. The van der Waals surface area contributed by atoms with Gasteiger partial charge in [-0.1, -0.05) is 0 Å². The van der Waals surface area contributed by atoms with Crippen molar-refractivity contribution in [3.05, 3.63) is 48.7 Å². The van der Waals surface area contributed by atoms with Crippen LogP contribution in [0.1, 0.15) is 0 Å². The Morgan fingerprint density at radius 2 is 1.66 bits per heavy atom. The van der Waals surface area contributed by atoms with E-state index in [1.165, 1.54) is 48.2 Å². The number of methoxy groups -OCH3 is 1. The number of sulfonamides is 1. The lowest BCUT2D eigenvalue weighted by Gasteiger charge is -2.06. The molecule has 0 amide bonds. The molecule has 0 aliphatic heterocycles. The van der Waals surface area contributed by atoms with Gasteiger partial charge in [0.1, 0.15) is 17.1 Å². The Balaban J connectivity index is 1.91. The van der Waals surface area contributed by atoms with Crippen LogP contribution in [0.25, 0.3) is 0 Å². The molecule has 3 rings (SSSR count). The Morgan fingerprint density at radius 1 is 1.03 bits per heavy atom. The number of aromatic nitrogens is 2. The largest absolute Gasteiger partial charge is 0.504 e. The summed E-state index contributed by atoms with van der Waals surface area (Å²) < 4.78 is 29.3. The lowest BCUT2D eigenvalue weighted by Crippen LogP contribution is -2.11. The fourth-order valence-electron chi connectivity index (χ4n) is 2.23. The average Bonchev–Trinajstić information content (AvgIpc) is 3.10. The van der Waals surface area contributed by atoms with Gasteiger partial charge in [0, 0.05) is 25.2 Å². The fourth-order valence-corrected chi connectivity index (χ4v) is 2.75. The number of rotatable bonds is 6. The van der Waals surface area contributed by atoms with Crippen molar-refractivity contribution in [1.82, 2.24) is 9.78 Å². The lowest BCUT2D eigenvalue weighted by atomic mass is 10.2. The Kier molecular flexibility index (Phi) is 5.66. The van der Waals surface area contributed by atoms with Gasteiger partial charge in [-0.25, -0.2) is 18.2 Å². The molecule has 1 aromatic heterocycles. The number of aryl methyl sites for hydroxylation is 1. The Bertz CT molecular complexity index is 1180. The molecule has 0 saturated heterocycles. The van der Waals surface area contributed by atoms with Gasteiger partial charge >= 0.3 is 0 Å². The van der Waals surface area contributed by atoms with Crippen molar-refractivity contribution in [2.45, 2.75) is 4.90 Å². The second-order valence-electron chi connectivity index (χ2n) is 5.77. The minimum absolute atomic E-state index is 0.0430. The molecule has 0 unspecified atom stereocenters. The van der Waals surface area contributed by atoms with Crippen molar-refractivity contribution in [3.8, 4) is 11.5 Å². The van der Waals surface area contributed by atoms with Crippen molar-refractivity contribution >= 4 is 32.9 Å². The number of azo groups is 2. The van der Waals surface area contributed by atoms with E-state index in [4.69, 9.17) is 9.88 Å². The van der Waals surface area contributed by atoms with Crippen LogP contribution in [0.2, 0.25) is 0 Å². The Morgan fingerprint density at radius 3 is 2.17 bits per heavy atom. The quantitative estimate of drug-likeness (QED) is 0.588. The first-order chi connectivity index (χ1) is 13.8. The van der Waals surface area contributed by atoms with Crippen LogP contribution < -0.4 is 9.88 Å². The van der Waals surface area contributed by atoms with Crippen LogP contribution in [-0.2, 0) is 17.1 Å². The summed E-state index contributed by atoms with van der Waals surface area (Å²) in [7, 11) is -0.625. The summed E-state index contributed by atoms with van der Waals surface area (Å²) in [5, 5.41) is 35.5. The van der Waals surface area contributed by atoms with Crippen molar-refractivity contribution in [2.24, 2.45) is 32.6 Å². The van der Waals surface area contributed by atoms with Crippen LogP contribution in [-0.4, -0.2) is 30.4 Å². The molecular formula is C17H17N7O4S. The molecule has 0 spiro atoms. The number of phenols is 1. The van der Waals surface area contributed by atoms with Gasteiger partial charge in [-0.3, -0.25) is 0 Å². The molecule has 0 radical (unpaired) electrons. The molecular weight excluding hydrogens is 398 g/mol. The normalized spacial score (nSPS) is 12.1. The molecule has 0 bridgehead atoms. The van der Waals surface area contributed by atoms with Gasteiger partial charge in [0.15, 0.2) is 11.6 Å². The summed E-state index contributed by atoms with van der Waals surface area (Å²) in [4.78, 5) is -0.0430. The summed E-state index contributed by atoms with van der Waals surface area (Å²) in [6, 6.07) is 10.1. The zero-order valence-electron chi connectivity index (χ0n) is 15.5. The molecule has 0 saturated carbocycles. The summed E-state index contributed by atoms with van der Waals surface area (Å²) in [5.74, 6) is 0.632. The minimum Gasteiger partial charge on any atom is -0.504 e. The number of aromatic hydroxyl groups is 1. The van der Waals surface area contributed by atoms with Crippen molar-refractivity contribution < 1.29 is 18.3 Å². The second kappa shape index (κ2) is 8.16. The number of nitrogens with zero attached hydrogens (tertiary/aromatic N) is 6. The molecule has 0 atom stereocenters. The molecule has 12 heteroatoms. The molecule has 2 aromatic carbocycles. The van der Waals surface area contributed by atoms with Crippen LogP contribution in [0.3, 0.4) is 0 Å². The number of ether oxygens (including phenoxy) is 1. The zero-order chi connectivity index (χ0) is 21.0. The molecule has 11 nitrogen and oxygen atoms in total. The third kappa shape index (κ3) is 4.80. The minimum atomic E-state index is -3.79.